The average molecular weight is 455 g/mol. The third kappa shape index (κ3) is 18.8. The van der Waals surface area contributed by atoms with Crippen LogP contribution in [0.2, 0.25) is 0 Å². The Bertz CT molecular complexity index is 569. The van der Waals surface area contributed by atoms with Gasteiger partial charge >= 0.3 is 11.9 Å². The quantitative estimate of drug-likeness (QED) is 0.155. The summed E-state index contributed by atoms with van der Waals surface area (Å²) >= 11 is 0. The molecule has 7 nitrogen and oxygen atoms in total. The van der Waals surface area contributed by atoms with E-state index in [0.29, 0.717) is 12.8 Å². The van der Waals surface area contributed by atoms with Crippen LogP contribution >= 0.6 is 0 Å². The molecule has 0 rings (SSSR count). The molecule has 3 atom stereocenters. The largest absolute Gasteiger partial charge is 0.462 e. The maximum absolute atomic E-state index is 11.7. The Morgan fingerprint density at radius 2 is 1.56 bits per heavy atom. The molecular weight excluding hydrogens is 412 g/mol. The Kier molecular flexibility index (Phi) is 19.6. The van der Waals surface area contributed by atoms with E-state index in [-0.39, 0.29) is 19.4 Å². The SMILES string of the molecule is CCCCC/C=C\C/C=C\C/C=C\CC(O)C(O)CCCC(=O)OC[C@H](CO)OC(C)=O. The van der Waals surface area contributed by atoms with Crippen molar-refractivity contribution in [1.29, 1.82) is 0 Å². The minimum absolute atomic E-state index is 0.0652. The average Bonchev–Trinajstić information content (AvgIpc) is 2.76. The summed E-state index contributed by atoms with van der Waals surface area (Å²) in [6.45, 7) is 2.76. The lowest BCUT2D eigenvalue weighted by Crippen LogP contribution is -2.28. The molecule has 32 heavy (non-hydrogen) atoms. The molecule has 0 heterocycles. The lowest BCUT2D eigenvalue weighted by atomic mass is 10.0. The standard InChI is InChI=1S/C25H42O7/c1-3-4-5-6-7-8-9-10-11-12-13-14-16-23(28)24(29)17-15-18-25(30)31-20-22(19-26)32-21(2)27/h7-8,10-11,13-14,22-24,26,28-29H,3-6,9,12,15-20H2,1-2H3/b8-7-,11-10-,14-13-/t22-,23?,24?/m0/s1. The minimum atomic E-state index is -0.924. The van der Waals surface area contributed by atoms with E-state index in [9.17, 15) is 19.8 Å². The molecule has 2 unspecified atom stereocenters. The molecule has 0 aliphatic rings. The molecule has 184 valence electrons. The highest BCUT2D eigenvalue weighted by atomic mass is 16.6. The summed E-state index contributed by atoms with van der Waals surface area (Å²) in [7, 11) is 0. The third-order valence-electron chi connectivity index (χ3n) is 4.69. The lowest BCUT2D eigenvalue weighted by molar-refractivity contribution is -0.159. The first-order valence-electron chi connectivity index (χ1n) is 11.6. The monoisotopic (exact) mass is 454 g/mol. The van der Waals surface area contributed by atoms with Gasteiger partial charge in [-0.05, 0) is 44.9 Å². The van der Waals surface area contributed by atoms with Crippen molar-refractivity contribution in [2.24, 2.45) is 0 Å². The van der Waals surface area contributed by atoms with Crippen molar-refractivity contribution in [3.63, 3.8) is 0 Å². The number of unbranched alkanes of at least 4 members (excludes halogenated alkanes) is 3. The van der Waals surface area contributed by atoms with Gasteiger partial charge in [0, 0.05) is 13.3 Å². The summed E-state index contributed by atoms with van der Waals surface area (Å²) in [6, 6.07) is 0. The number of carbonyl (C=O) groups excluding carboxylic acids is 2. The van der Waals surface area contributed by atoms with Crippen molar-refractivity contribution in [3.8, 4) is 0 Å². The number of ether oxygens (including phenoxy) is 2. The molecule has 0 amide bonds. The predicted octanol–water partition coefficient (Wildman–Crippen LogP) is 3.76. The summed E-state index contributed by atoms with van der Waals surface area (Å²) in [4.78, 5) is 22.5. The van der Waals surface area contributed by atoms with Crippen molar-refractivity contribution in [1.82, 2.24) is 0 Å². The lowest BCUT2D eigenvalue weighted by Gasteiger charge is -2.16. The topological polar surface area (TPSA) is 113 Å². The van der Waals surface area contributed by atoms with Gasteiger partial charge in [0.1, 0.15) is 6.61 Å². The predicted molar refractivity (Wildman–Crippen MR) is 125 cm³/mol. The fraction of sp³-hybridized carbons (Fsp3) is 0.680. The van der Waals surface area contributed by atoms with Crippen LogP contribution in [0.15, 0.2) is 36.5 Å². The minimum Gasteiger partial charge on any atom is -0.462 e. The first-order chi connectivity index (χ1) is 15.4. The van der Waals surface area contributed by atoms with Gasteiger partial charge in [-0.2, -0.15) is 0 Å². The van der Waals surface area contributed by atoms with Crippen LogP contribution in [0.4, 0.5) is 0 Å². The second-order valence-corrected chi connectivity index (χ2v) is 7.74. The molecule has 0 saturated heterocycles. The van der Waals surface area contributed by atoms with Crippen molar-refractivity contribution in [3.05, 3.63) is 36.5 Å². The smallest absolute Gasteiger partial charge is 0.305 e. The molecular formula is C25H42O7. The number of esters is 2. The van der Waals surface area contributed by atoms with Crippen LogP contribution < -0.4 is 0 Å². The van der Waals surface area contributed by atoms with E-state index in [4.69, 9.17) is 14.6 Å². The van der Waals surface area contributed by atoms with E-state index in [1.807, 2.05) is 12.2 Å². The fourth-order valence-corrected chi connectivity index (χ4v) is 2.83. The molecule has 3 N–H and O–H groups in total. The highest BCUT2D eigenvalue weighted by Gasteiger charge is 2.17. The van der Waals surface area contributed by atoms with Crippen LogP contribution in [0.3, 0.4) is 0 Å². The summed E-state index contributed by atoms with van der Waals surface area (Å²) in [5, 5.41) is 29.1. The molecule has 0 spiro atoms. The Hall–Kier alpha value is -1.96. The van der Waals surface area contributed by atoms with E-state index >= 15 is 0 Å². The Morgan fingerprint density at radius 3 is 2.19 bits per heavy atom. The fourth-order valence-electron chi connectivity index (χ4n) is 2.83. The highest BCUT2D eigenvalue weighted by molar-refractivity contribution is 5.69. The van der Waals surface area contributed by atoms with Crippen molar-refractivity contribution in [2.75, 3.05) is 13.2 Å². The van der Waals surface area contributed by atoms with Gasteiger partial charge in [0.15, 0.2) is 6.10 Å². The first-order valence-corrected chi connectivity index (χ1v) is 11.6. The second-order valence-electron chi connectivity index (χ2n) is 7.74. The molecule has 0 aliphatic carbocycles. The molecule has 0 aliphatic heterocycles. The van der Waals surface area contributed by atoms with Crippen LogP contribution in [0.1, 0.15) is 78.1 Å². The second kappa shape index (κ2) is 20.9. The van der Waals surface area contributed by atoms with Crippen LogP contribution in [-0.4, -0.2) is 58.8 Å². The number of aliphatic hydroxyl groups excluding tert-OH is 3. The van der Waals surface area contributed by atoms with Gasteiger partial charge in [-0.15, -0.1) is 0 Å². The number of carbonyl (C=O) groups is 2. The van der Waals surface area contributed by atoms with Gasteiger partial charge in [0.2, 0.25) is 0 Å². The van der Waals surface area contributed by atoms with Crippen LogP contribution in [0.25, 0.3) is 0 Å². The normalized spacial score (nSPS) is 14.8. The van der Waals surface area contributed by atoms with Crippen LogP contribution in [0, 0.1) is 0 Å². The van der Waals surface area contributed by atoms with E-state index in [2.05, 4.69) is 31.2 Å². The molecule has 0 aromatic heterocycles. The van der Waals surface area contributed by atoms with Crippen molar-refractivity contribution >= 4 is 11.9 Å². The van der Waals surface area contributed by atoms with Gasteiger partial charge in [0.05, 0.1) is 18.8 Å². The van der Waals surface area contributed by atoms with E-state index in [1.54, 1.807) is 0 Å². The summed E-state index contributed by atoms with van der Waals surface area (Å²) in [5.41, 5.74) is 0. The van der Waals surface area contributed by atoms with E-state index in [1.165, 1.54) is 26.2 Å². The molecule has 0 radical (unpaired) electrons. The Morgan fingerprint density at radius 1 is 0.906 bits per heavy atom. The molecule has 0 saturated carbocycles. The Balaban J connectivity index is 3.86. The Labute approximate surface area is 192 Å². The molecule has 0 aromatic carbocycles. The summed E-state index contributed by atoms with van der Waals surface area (Å²) in [6.07, 6.45) is 17.3. The van der Waals surface area contributed by atoms with Gasteiger partial charge in [0.25, 0.3) is 0 Å². The van der Waals surface area contributed by atoms with Gasteiger partial charge in [-0.25, -0.2) is 0 Å². The summed E-state index contributed by atoms with van der Waals surface area (Å²) in [5.74, 6) is -1.08. The number of hydrogen-bond acceptors (Lipinski definition) is 7. The zero-order chi connectivity index (χ0) is 24.0. The van der Waals surface area contributed by atoms with Gasteiger partial charge < -0.3 is 24.8 Å². The number of rotatable bonds is 19. The molecule has 7 heteroatoms. The third-order valence-corrected chi connectivity index (χ3v) is 4.69. The molecule has 0 fully saturated rings. The number of aliphatic hydroxyl groups is 3. The van der Waals surface area contributed by atoms with Crippen molar-refractivity contribution in [2.45, 2.75) is 96.4 Å². The molecule has 0 aromatic rings. The maximum Gasteiger partial charge on any atom is 0.305 e. The number of allylic oxidation sites excluding steroid dienone is 5. The van der Waals surface area contributed by atoms with Crippen LogP contribution in [0.5, 0.6) is 0 Å². The number of hydrogen-bond donors (Lipinski definition) is 3. The zero-order valence-corrected chi connectivity index (χ0v) is 19.7. The van der Waals surface area contributed by atoms with E-state index < -0.39 is 36.9 Å². The zero-order valence-electron chi connectivity index (χ0n) is 19.7. The molecule has 0 bridgehead atoms. The highest BCUT2D eigenvalue weighted by Crippen LogP contribution is 2.10. The summed E-state index contributed by atoms with van der Waals surface area (Å²) < 4.78 is 9.71. The van der Waals surface area contributed by atoms with Crippen molar-refractivity contribution < 1.29 is 34.4 Å². The van der Waals surface area contributed by atoms with Gasteiger partial charge in [-0.3, -0.25) is 9.59 Å². The maximum atomic E-state index is 11.7. The first kappa shape index (κ1) is 30.0. The van der Waals surface area contributed by atoms with E-state index in [0.717, 1.165) is 19.3 Å². The van der Waals surface area contributed by atoms with Gasteiger partial charge in [-0.1, -0.05) is 56.2 Å². The van der Waals surface area contributed by atoms with Crippen LogP contribution in [-0.2, 0) is 19.1 Å².